The molecular formula is C10H15BN5O12P3. The van der Waals surface area contributed by atoms with E-state index in [0.29, 0.717) is 0 Å². The Kier molecular flexibility index (Phi) is 6.76. The van der Waals surface area contributed by atoms with Gasteiger partial charge in [0.05, 0.1) is 12.9 Å². The Morgan fingerprint density at radius 3 is 2.45 bits per heavy atom. The van der Waals surface area contributed by atoms with Crippen molar-refractivity contribution >= 4 is 47.7 Å². The third-order valence-electron chi connectivity index (χ3n) is 3.84. The van der Waals surface area contributed by atoms with E-state index in [-0.39, 0.29) is 17.0 Å². The monoisotopic (exact) mass is 501 g/mol. The molecule has 21 heteroatoms. The van der Waals surface area contributed by atoms with Crippen LogP contribution in [0.1, 0.15) is 6.23 Å². The second-order valence-corrected chi connectivity index (χ2v) is 10.6. The fourth-order valence-corrected chi connectivity index (χ4v) is 5.80. The molecule has 2 aromatic rings. The number of hydrogen-bond donors (Lipinski definition) is 6. The lowest BCUT2D eigenvalue weighted by atomic mass is 10.1. The number of nitrogens with two attached hydrogens (primary N) is 1. The number of aromatic nitrogens is 4. The molecule has 3 heterocycles. The van der Waals surface area contributed by atoms with Crippen molar-refractivity contribution in [2.45, 2.75) is 24.5 Å². The third kappa shape index (κ3) is 5.76. The SMILES string of the molecule is [B]P(=O)(OC[C@H]1O[C@@H](n2cnc3c(N)ncnc32)[C@H](O)[C@@H]1O)OP(=O)(O)OP(=O)(O)O. The Morgan fingerprint density at radius 2 is 1.81 bits per heavy atom. The Labute approximate surface area is 173 Å². The molecule has 2 aromatic heterocycles. The molecule has 0 spiro atoms. The van der Waals surface area contributed by atoms with E-state index in [1.807, 2.05) is 0 Å². The number of ether oxygens (including phenoxy) is 1. The van der Waals surface area contributed by atoms with Crippen LogP contribution in [0.15, 0.2) is 12.7 Å². The Balaban J connectivity index is 1.69. The highest BCUT2D eigenvalue weighted by atomic mass is 31.3. The van der Waals surface area contributed by atoms with E-state index in [9.17, 15) is 28.8 Å². The van der Waals surface area contributed by atoms with Crippen molar-refractivity contribution in [3.8, 4) is 0 Å². The van der Waals surface area contributed by atoms with Crippen molar-refractivity contribution < 1.29 is 56.5 Å². The van der Waals surface area contributed by atoms with Crippen LogP contribution in [0.4, 0.5) is 5.82 Å². The molecule has 2 radical (unpaired) electrons. The van der Waals surface area contributed by atoms with Gasteiger partial charge in [-0.1, -0.05) is 0 Å². The summed E-state index contributed by atoms with van der Waals surface area (Å²) >= 11 is 0. The highest BCUT2D eigenvalue weighted by Gasteiger charge is 2.46. The summed E-state index contributed by atoms with van der Waals surface area (Å²) in [6.07, 6.45) is -3.43. The predicted octanol–water partition coefficient (Wildman–Crippen LogP) is -1.45. The largest absolute Gasteiger partial charge is 0.487 e. The molecule has 1 aliphatic heterocycles. The molecular weight excluding hydrogens is 486 g/mol. The molecule has 0 bridgehead atoms. The van der Waals surface area contributed by atoms with Crippen LogP contribution in [0.2, 0.25) is 0 Å². The first kappa shape index (κ1) is 24.4. The number of phosphoric acid groups is 2. The Hall–Kier alpha value is -1.26. The van der Waals surface area contributed by atoms with E-state index in [4.69, 9.17) is 27.8 Å². The molecule has 2 unspecified atom stereocenters. The minimum absolute atomic E-state index is 0.0591. The average molecular weight is 501 g/mol. The average Bonchev–Trinajstić information content (AvgIpc) is 3.13. The number of nitrogens with zero attached hydrogens (tertiary/aromatic N) is 4. The van der Waals surface area contributed by atoms with Crippen LogP contribution in [0, 0.1) is 0 Å². The summed E-state index contributed by atoms with van der Waals surface area (Å²) in [4.78, 5) is 38.0. The Bertz CT molecular complexity index is 1110. The number of imidazole rings is 1. The standard InChI is InChI=1S/C10H15BN5O12P3/c11-29(19,27-31(23,24)28-30(20,21)22)25-1-4-6(17)7(18)10(26-4)16-3-15-5-8(12)13-2-14-9(5)16/h2-4,6-7,10,17-18H,1H2,(H,23,24)(H2,12,13,14)(H2,20,21,22)/t4-,6-,7-,10-,29?/m1/s1. The van der Waals surface area contributed by atoms with Crippen LogP contribution in [0.5, 0.6) is 0 Å². The lowest BCUT2D eigenvalue weighted by Crippen LogP contribution is -2.33. The summed E-state index contributed by atoms with van der Waals surface area (Å²) in [5, 5.41) is 20.5. The zero-order valence-corrected chi connectivity index (χ0v) is 17.7. The highest BCUT2D eigenvalue weighted by molar-refractivity contribution is 7.84. The fourth-order valence-electron chi connectivity index (χ4n) is 2.65. The summed E-state index contributed by atoms with van der Waals surface area (Å²) in [6.45, 7) is -0.831. The van der Waals surface area contributed by atoms with Gasteiger partial charge in [-0.2, -0.15) is 4.31 Å². The molecule has 0 amide bonds. The van der Waals surface area contributed by atoms with E-state index in [1.165, 1.54) is 10.9 Å². The Morgan fingerprint density at radius 1 is 1.13 bits per heavy atom. The van der Waals surface area contributed by atoms with Gasteiger partial charge in [0, 0.05) is 0 Å². The molecule has 1 saturated heterocycles. The minimum Gasteiger partial charge on any atom is -0.387 e. The molecule has 1 fully saturated rings. The van der Waals surface area contributed by atoms with Crippen molar-refractivity contribution in [2.24, 2.45) is 0 Å². The molecule has 0 aliphatic carbocycles. The maximum absolute atomic E-state index is 12.0. The molecule has 6 atom stereocenters. The third-order valence-corrected chi connectivity index (χ3v) is 7.76. The van der Waals surface area contributed by atoms with Gasteiger partial charge in [-0.15, -0.1) is 0 Å². The molecule has 0 saturated carbocycles. The summed E-state index contributed by atoms with van der Waals surface area (Å²) in [7, 11) is -10.9. The van der Waals surface area contributed by atoms with E-state index < -0.39 is 54.3 Å². The van der Waals surface area contributed by atoms with Crippen molar-refractivity contribution in [2.75, 3.05) is 12.3 Å². The quantitative estimate of drug-likeness (QED) is 0.178. The van der Waals surface area contributed by atoms with Crippen LogP contribution in [-0.4, -0.2) is 76.9 Å². The van der Waals surface area contributed by atoms with Crippen molar-refractivity contribution in [3.05, 3.63) is 12.7 Å². The second-order valence-electron chi connectivity index (χ2n) is 6.09. The van der Waals surface area contributed by atoms with Crippen LogP contribution < -0.4 is 5.73 Å². The number of aliphatic hydroxyl groups excluding tert-OH is 2. The first-order chi connectivity index (χ1) is 14.2. The summed E-state index contributed by atoms with van der Waals surface area (Å²) in [5.74, 6) is 0.0591. The van der Waals surface area contributed by atoms with E-state index >= 15 is 0 Å². The number of aliphatic hydroxyl groups is 2. The van der Waals surface area contributed by atoms with Crippen LogP contribution in [0.3, 0.4) is 0 Å². The lowest BCUT2D eigenvalue weighted by Gasteiger charge is -2.21. The number of anilines is 1. The number of fused-ring (bicyclic) bond motifs is 1. The van der Waals surface area contributed by atoms with Gasteiger partial charge < -0.3 is 39.9 Å². The second kappa shape index (κ2) is 8.59. The van der Waals surface area contributed by atoms with Crippen molar-refractivity contribution in [1.29, 1.82) is 0 Å². The van der Waals surface area contributed by atoms with Gasteiger partial charge in [0.1, 0.15) is 30.2 Å². The number of rotatable bonds is 8. The molecule has 3 rings (SSSR count). The van der Waals surface area contributed by atoms with Crippen molar-refractivity contribution in [3.63, 3.8) is 0 Å². The van der Waals surface area contributed by atoms with Gasteiger partial charge in [0.15, 0.2) is 17.7 Å². The zero-order chi connectivity index (χ0) is 23.2. The van der Waals surface area contributed by atoms with Gasteiger partial charge in [-0.3, -0.25) is 9.13 Å². The van der Waals surface area contributed by atoms with Crippen LogP contribution in [-0.2, 0) is 31.6 Å². The van der Waals surface area contributed by atoms with E-state index in [2.05, 4.69) is 28.1 Å². The molecule has 7 N–H and O–H groups in total. The maximum atomic E-state index is 12.0. The van der Waals surface area contributed by atoms with Gasteiger partial charge in [-0.05, 0) is 0 Å². The minimum atomic E-state index is -5.58. The maximum Gasteiger partial charge on any atom is 0.487 e. The highest BCUT2D eigenvalue weighted by Crippen LogP contribution is 2.66. The number of nitrogen functional groups attached to an aromatic ring is 1. The molecule has 17 nitrogen and oxygen atoms in total. The first-order valence-electron chi connectivity index (χ1n) is 7.98. The summed E-state index contributed by atoms with van der Waals surface area (Å²) in [6, 6.07) is 0. The summed E-state index contributed by atoms with van der Waals surface area (Å²) < 4.78 is 52.8. The predicted molar refractivity (Wildman–Crippen MR) is 99.0 cm³/mol. The number of hydrogen-bond acceptors (Lipinski definition) is 13. The fraction of sp³-hybridized carbons (Fsp3) is 0.500. The van der Waals surface area contributed by atoms with Crippen LogP contribution >= 0.6 is 23.1 Å². The van der Waals surface area contributed by atoms with Gasteiger partial charge in [0.25, 0.3) is 7.47 Å². The molecule has 1 aliphatic rings. The van der Waals surface area contributed by atoms with Gasteiger partial charge in [0.2, 0.25) is 7.57 Å². The lowest BCUT2D eigenvalue weighted by molar-refractivity contribution is -0.0479. The van der Waals surface area contributed by atoms with Gasteiger partial charge >= 0.3 is 15.6 Å². The topological polar surface area (TPSA) is 259 Å². The van der Waals surface area contributed by atoms with Gasteiger partial charge in [-0.25, -0.2) is 28.4 Å². The van der Waals surface area contributed by atoms with E-state index in [1.54, 1.807) is 0 Å². The first-order valence-corrected chi connectivity index (χ1v) is 12.6. The molecule has 170 valence electrons. The normalized spacial score (nSPS) is 28.4. The van der Waals surface area contributed by atoms with Crippen LogP contribution in [0.25, 0.3) is 11.2 Å². The molecule has 0 aromatic carbocycles. The molecule has 31 heavy (non-hydrogen) atoms. The smallest absolute Gasteiger partial charge is 0.387 e. The summed E-state index contributed by atoms with van der Waals surface area (Å²) in [5.41, 5.74) is 6.06. The van der Waals surface area contributed by atoms with Crippen molar-refractivity contribution in [1.82, 2.24) is 19.5 Å². The zero-order valence-electron chi connectivity index (χ0n) is 15.1. The van der Waals surface area contributed by atoms with E-state index in [0.717, 1.165) is 6.33 Å².